The first kappa shape index (κ1) is 19.0. The summed E-state index contributed by atoms with van der Waals surface area (Å²) in [4.78, 5) is 42.3. The van der Waals surface area contributed by atoms with Gasteiger partial charge < -0.3 is 4.90 Å². The lowest BCUT2D eigenvalue weighted by Crippen LogP contribution is -2.46. The molecule has 3 aromatic rings. The van der Waals surface area contributed by atoms with E-state index in [1.807, 2.05) is 10.3 Å². The van der Waals surface area contributed by atoms with E-state index in [0.717, 1.165) is 6.07 Å². The number of hydrogen-bond donors (Lipinski definition) is 0. The first-order chi connectivity index (χ1) is 13.9. The monoisotopic (exact) mass is 416 g/mol. The molecule has 11 nitrogen and oxygen atoms in total. The Balaban J connectivity index is 1.47. The molecule has 3 heterocycles. The molecular weight excluding hydrogens is 400 g/mol. The minimum Gasteiger partial charge on any atom is -0.363 e. The Labute approximate surface area is 167 Å². The molecule has 0 spiro atoms. The molecule has 0 aliphatic carbocycles. The second-order valence-corrected chi connectivity index (χ2v) is 7.46. The van der Waals surface area contributed by atoms with Crippen LogP contribution in [0.5, 0.6) is 0 Å². The van der Waals surface area contributed by atoms with Gasteiger partial charge in [-0.2, -0.15) is 0 Å². The molecule has 0 saturated carbocycles. The van der Waals surface area contributed by atoms with Crippen molar-refractivity contribution >= 4 is 33.4 Å². The van der Waals surface area contributed by atoms with Gasteiger partial charge in [0.1, 0.15) is 5.69 Å². The number of hydrogen-bond acceptors (Lipinski definition) is 9. The highest BCUT2D eigenvalue weighted by molar-refractivity contribution is 7.15. The summed E-state index contributed by atoms with van der Waals surface area (Å²) >= 11 is 1.40. The average Bonchev–Trinajstić information content (AvgIpc) is 3.17. The summed E-state index contributed by atoms with van der Waals surface area (Å²) in [5.74, 6) is 0. The van der Waals surface area contributed by atoms with Crippen LogP contribution in [-0.4, -0.2) is 50.3 Å². The van der Waals surface area contributed by atoms with Crippen LogP contribution in [0.4, 0.5) is 17.1 Å². The standard InChI is InChI=1S/C17H16N6O5S/c24-16-9-12(18-17-21(16)7-8-29-17)11-19-3-5-20(6-4-19)14-2-1-13(22(25)26)10-15(14)23(27)28/h1-2,7-10H,3-6,11H2. The van der Waals surface area contributed by atoms with Gasteiger partial charge >= 0.3 is 0 Å². The maximum Gasteiger partial charge on any atom is 0.299 e. The highest BCUT2D eigenvalue weighted by atomic mass is 32.1. The topological polar surface area (TPSA) is 127 Å². The molecular formula is C17H16N6O5S. The zero-order valence-corrected chi connectivity index (χ0v) is 15.9. The van der Waals surface area contributed by atoms with E-state index in [0.29, 0.717) is 49.1 Å². The third-order valence-electron chi connectivity index (χ3n) is 4.82. The van der Waals surface area contributed by atoms with Gasteiger partial charge in [-0.15, -0.1) is 11.3 Å². The van der Waals surface area contributed by atoms with Crippen molar-refractivity contribution in [2.75, 3.05) is 31.1 Å². The maximum absolute atomic E-state index is 12.1. The first-order valence-electron chi connectivity index (χ1n) is 8.78. The zero-order valence-electron chi connectivity index (χ0n) is 15.1. The van der Waals surface area contributed by atoms with Gasteiger partial charge in [0.2, 0.25) is 0 Å². The third kappa shape index (κ3) is 3.79. The van der Waals surface area contributed by atoms with Gasteiger partial charge in [0.25, 0.3) is 16.9 Å². The third-order valence-corrected chi connectivity index (χ3v) is 5.58. The number of piperazine rings is 1. The highest BCUT2D eigenvalue weighted by Crippen LogP contribution is 2.32. The number of anilines is 1. The minimum atomic E-state index is -0.644. The van der Waals surface area contributed by atoms with E-state index in [9.17, 15) is 25.0 Å². The van der Waals surface area contributed by atoms with Crippen molar-refractivity contribution in [2.24, 2.45) is 0 Å². The highest BCUT2D eigenvalue weighted by Gasteiger charge is 2.26. The lowest BCUT2D eigenvalue weighted by Gasteiger charge is -2.35. The van der Waals surface area contributed by atoms with E-state index < -0.39 is 9.85 Å². The Morgan fingerprint density at radius 2 is 1.83 bits per heavy atom. The normalized spacial score (nSPS) is 15.0. The second-order valence-electron chi connectivity index (χ2n) is 6.59. The van der Waals surface area contributed by atoms with Gasteiger partial charge in [-0.25, -0.2) is 4.98 Å². The summed E-state index contributed by atoms with van der Waals surface area (Å²) in [7, 11) is 0. The summed E-state index contributed by atoms with van der Waals surface area (Å²) in [6, 6.07) is 5.23. The molecule has 150 valence electrons. The van der Waals surface area contributed by atoms with Crippen molar-refractivity contribution in [1.29, 1.82) is 0 Å². The molecule has 12 heteroatoms. The average molecular weight is 416 g/mol. The molecule has 0 unspecified atom stereocenters. The minimum absolute atomic E-state index is 0.119. The van der Waals surface area contributed by atoms with Gasteiger partial charge in [-0.3, -0.25) is 34.3 Å². The Hall–Kier alpha value is -3.38. The van der Waals surface area contributed by atoms with Gasteiger partial charge in [-0.1, -0.05) is 0 Å². The van der Waals surface area contributed by atoms with Crippen molar-refractivity contribution in [3.8, 4) is 0 Å². The van der Waals surface area contributed by atoms with Crippen LogP contribution in [-0.2, 0) is 6.54 Å². The van der Waals surface area contributed by atoms with E-state index in [-0.39, 0.29) is 16.9 Å². The van der Waals surface area contributed by atoms with Crippen LogP contribution in [0, 0.1) is 20.2 Å². The Bertz CT molecular complexity index is 1150. The summed E-state index contributed by atoms with van der Waals surface area (Å²) in [6.45, 7) is 2.82. The fraction of sp³-hybridized carbons (Fsp3) is 0.294. The lowest BCUT2D eigenvalue weighted by atomic mass is 10.2. The van der Waals surface area contributed by atoms with Crippen molar-refractivity contribution in [3.05, 3.63) is 72.1 Å². The molecule has 29 heavy (non-hydrogen) atoms. The Morgan fingerprint density at radius 3 is 2.52 bits per heavy atom. The van der Waals surface area contributed by atoms with E-state index in [1.54, 1.807) is 6.20 Å². The summed E-state index contributed by atoms with van der Waals surface area (Å²) in [5, 5.41) is 24.1. The zero-order chi connectivity index (χ0) is 20.5. The van der Waals surface area contributed by atoms with Gasteiger partial charge in [0, 0.05) is 56.4 Å². The molecule has 1 aliphatic heterocycles. The number of fused-ring (bicyclic) bond motifs is 1. The van der Waals surface area contributed by atoms with Crippen molar-refractivity contribution in [3.63, 3.8) is 0 Å². The van der Waals surface area contributed by atoms with E-state index in [1.165, 1.54) is 33.9 Å². The molecule has 0 N–H and O–H groups in total. The summed E-state index contributed by atoms with van der Waals surface area (Å²) in [6.07, 6.45) is 1.69. The van der Waals surface area contributed by atoms with E-state index in [2.05, 4.69) is 9.88 Å². The van der Waals surface area contributed by atoms with Crippen molar-refractivity contribution in [2.45, 2.75) is 6.54 Å². The lowest BCUT2D eigenvalue weighted by molar-refractivity contribution is -0.393. The molecule has 1 aliphatic rings. The molecule has 0 amide bonds. The maximum atomic E-state index is 12.1. The predicted molar refractivity (Wildman–Crippen MR) is 107 cm³/mol. The number of nitrogens with zero attached hydrogens (tertiary/aromatic N) is 6. The first-order valence-corrected chi connectivity index (χ1v) is 9.66. The second kappa shape index (κ2) is 7.56. The van der Waals surface area contributed by atoms with Crippen LogP contribution in [0.1, 0.15) is 5.69 Å². The number of aromatic nitrogens is 2. The number of nitro groups is 2. The number of thiazole rings is 1. The largest absolute Gasteiger partial charge is 0.363 e. The molecule has 0 radical (unpaired) electrons. The molecule has 1 saturated heterocycles. The molecule has 4 rings (SSSR count). The Morgan fingerprint density at radius 1 is 1.07 bits per heavy atom. The van der Waals surface area contributed by atoms with E-state index in [4.69, 9.17) is 0 Å². The SMILES string of the molecule is O=c1cc(CN2CCN(c3ccc([N+](=O)[O-])cc3[N+](=O)[O-])CC2)nc2sccn12. The van der Waals surface area contributed by atoms with Gasteiger partial charge in [0.05, 0.1) is 21.6 Å². The number of rotatable bonds is 5. The van der Waals surface area contributed by atoms with Gasteiger partial charge in [0.15, 0.2) is 4.96 Å². The van der Waals surface area contributed by atoms with Crippen molar-refractivity contribution < 1.29 is 9.85 Å². The van der Waals surface area contributed by atoms with Crippen LogP contribution in [0.2, 0.25) is 0 Å². The number of benzene rings is 1. The quantitative estimate of drug-likeness (QED) is 0.456. The fourth-order valence-electron chi connectivity index (χ4n) is 3.38. The van der Waals surface area contributed by atoms with Crippen LogP contribution in [0.3, 0.4) is 0 Å². The van der Waals surface area contributed by atoms with Crippen LogP contribution in [0.15, 0.2) is 40.6 Å². The summed E-state index contributed by atoms with van der Waals surface area (Å²) in [5.41, 5.74) is 0.362. The molecule has 2 aromatic heterocycles. The molecule has 0 atom stereocenters. The number of nitro benzene ring substituents is 2. The van der Waals surface area contributed by atoms with Crippen LogP contribution < -0.4 is 10.5 Å². The smallest absolute Gasteiger partial charge is 0.299 e. The number of non-ortho nitro benzene ring substituents is 1. The molecule has 1 fully saturated rings. The van der Waals surface area contributed by atoms with Gasteiger partial charge in [-0.05, 0) is 6.07 Å². The van der Waals surface area contributed by atoms with E-state index >= 15 is 0 Å². The molecule has 0 bridgehead atoms. The van der Waals surface area contributed by atoms with Crippen molar-refractivity contribution in [1.82, 2.24) is 14.3 Å². The van der Waals surface area contributed by atoms with Crippen LogP contribution >= 0.6 is 11.3 Å². The summed E-state index contributed by atoms with van der Waals surface area (Å²) < 4.78 is 1.50. The predicted octanol–water partition coefficient (Wildman–Crippen LogP) is 1.89. The molecule has 1 aromatic carbocycles. The van der Waals surface area contributed by atoms with Crippen LogP contribution in [0.25, 0.3) is 4.96 Å². The fourth-order valence-corrected chi connectivity index (χ4v) is 4.12. The Kier molecular flexibility index (Phi) is 4.94.